The summed E-state index contributed by atoms with van der Waals surface area (Å²) in [5.74, 6) is 1.66. The van der Waals surface area contributed by atoms with Crippen molar-refractivity contribution in [2.24, 2.45) is 0 Å². The van der Waals surface area contributed by atoms with Gasteiger partial charge in [0.15, 0.2) is 11.5 Å². The number of rotatable bonds is 4. The van der Waals surface area contributed by atoms with E-state index in [1.165, 1.54) is 5.56 Å². The van der Waals surface area contributed by atoms with Gasteiger partial charge in [-0.25, -0.2) is 9.50 Å². The van der Waals surface area contributed by atoms with Gasteiger partial charge in [-0.1, -0.05) is 36.4 Å². The Balaban J connectivity index is 1.74. The summed E-state index contributed by atoms with van der Waals surface area (Å²) in [5.41, 5.74) is 4.16. The lowest BCUT2D eigenvalue weighted by Crippen LogP contribution is -1.95. The average Bonchev–Trinajstić information content (AvgIpc) is 3.05. The minimum Gasteiger partial charge on any atom is -0.497 e. The van der Waals surface area contributed by atoms with Gasteiger partial charge in [0.2, 0.25) is 0 Å². The normalized spacial score (nSPS) is 10.9. The molecule has 0 unspecified atom stereocenters. The van der Waals surface area contributed by atoms with Crippen LogP contribution in [0.3, 0.4) is 0 Å². The zero-order valence-electron chi connectivity index (χ0n) is 13.4. The lowest BCUT2D eigenvalue weighted by atomic mass is 10.1. The number of benzene rings is 2. The third kappa shape index (κ3) is 2.74. The molecule has 0 radical (unpaired) electrons. The number of fused-ring (bicyclic) bond motifs is 1. The first-order chi connectivity index (χ1) is 11.8. The fourth-order valence-electron chi connectivity index (χ4n) is 2.78. The molecule has 0 aliphatic rings. The zero-order valence-corrected chi connectivity index (χ0v) is 13.4. The number of aromatic nitrogens is 3. The summed E-state index contributed by atoms with van der Waals surface area (Å²) in [5, 5.41) is 4.70. The molecule has 4 nitrogen and oxygen atoms in total. The minimum atomic E-state index is 0.727. The molecule has 0 bridgehead atoms. The lowest BCUT2D eigenvalue weighted by Gasteiger charge is -2.05. The molecule has 0 aliphatic heterocycles. The van der Waals surface area contributed by atoms with Gasteiger partial charge in [0, 0.05) is 12.0 Å². The first-order valence-corrected chi connectivity index (χ1v) is 7.86. The Bertz CT molecular complexity index is 959. The van der Waals surface area contributed by atoms with E-state index < -0.39 is 0 Å². The van der Waals surface area contributed by atoms with Crippen LogP contribution < -0.4 is 4.74 Å². The standard InChI is InChI=1S/C20H17N3O/c1-24-17-12-10-16(11-13-17)18-8-5-9-20-21-19(22-23(18)20)14-15-6-3-2-4-7-15/h2-13H,14H2,1H3. The molecular formula is C20H17N3O. The highest BCUT2D eigenvalue weighted by Gasteiger charge is 2.09. The van der Waals surface area contributed by atoms with E-state index in [-0.39, 0.29) is 0 Å². The molecule has 118 valence electrons. The third-order valence-corrected chi connectivity index (χ3v) is 3.99. The van der Waals surface area contributed by atoms with Crippen LogP contribution >= 0.6 is 0 Å². The van der Waals surface area contributed by atoms with E-state index in [4.69, 9.17) is 9.84 Å². The van der Waals surface area contributed by atoms with Gasteiger partial charge in [0.25, 0.3) is 0 Å². The molecule has 2 heterocycles. The molecule has 2 aromatic carbocycles. The number of methoxy groups -OCH3 is 1. The third-order valence-electron chi connectivity index (χ3n) is 3.99. The summed E-state index contributed by atoms with van der Waals surface area (Å²) in [6, 6.07) is 24.3. The van der Waals surface area contributed by atoms with E-state index in [2.05, 4.69) is 23.2 Å². The smallest absolute Gasteiger partial charge is 0.156 e. The van der Waals surface area contributed by atoms with E-state index in [1.807, 2.05) is 59.1 Å². The van der Waals surface area contributed by atoms with Crippen molar-refractivity contribution in [3.8, 4) is 17.0 Å². The summed E-state index contributed by atoms with van der Waals surface area (Å²) in [4.78, 5) is 4.66. The summed E-state index contributed by atoms with van der Waals surface area (Å²) in [6.45, 7) is 0. The summed E-state index contributed by atoms with van der Waals surface area (Å²) in [7, 11) is 1.67. The Morgan fingerprint density at radius 2 is 1.67 bits per heavy atom. The first kappa shape index (κ1) is 14.5. The molecule has 0 atom stereocenters. The Kier molecular flexibility index (Phi) is 3.71. The van der Waals surface area contributed by atoms with Crippen LogP contribution in [0.2, 0.25) is 0 Å². The molecule has 4 aromatic rings. The van der Waals surface area contributed by atoms with Crippen molar-refractivity contribution in [1.29, 1.82) is 0 Å². The van der Waals surface area contributed by atoms with Crippen LogP contribution in [0.25, 0.3) is 16.9 Å². The fraction of sp³-hybridized carbons (Fsp3) is 0.100. The summed E-state index contributed by atoms with van der Waals surface area (Å²) < 4.78 is 7.13. The molecule has 4 rings (SSSR count). The minimum absolute atomic E-state index is 0.727. The van der Waals surface area contributed by atoms with Crippen LogP contribution in [0.1, 0.15) is 11.4 Å². The van der Waals surface area contributed by atoms with Gasteiger partial charge in [-0.2, -0.15) is 5.10 Å². The van der Waals surface area contributed by atoms with Crippen LogP contribution in [-0.2, 0) is 6.42 Å². The molecule has 0 saturated heterocycles. The maximum atomic E-state index is 5.23. The predicted octanol–water partition coefficient (Wildman–Crippen LogP) is 4.00. The van der Waals surface area contributed by atoms with Crippen LogP contribution in [-0.4, -0.2) is 21.7 Å². The molecule has 0 amide bonds. The van der Waals surface area contributed by atoms with Crippen LogP contribution in [0.5, 0.6) is 5.75 Å². The summed E-state index contributed by atoms with van der Waals surface area (Å²) in [6.07, 6.45) is 0.727. The topological polar surface area (TPSA) is 39.4 Å². The predicted molar refractivity (Wildman–Crippen MR) is 94.2 cm³/mol. The van der Waals surface area contributed by atoms with Gasteiger partial charge >= 0.3 is 0 Å². The van der Waals surface area contributed by atoms with E-state index in [0.717, 1.165) is 34.9 Å². The lowest BCUT2D eigenvalue weighted by molar-refractivity contribution is 0.415. The Labute approximate surface area is 140 Å². The van der Waals surface area contributed by atoms with E-state index >= 15 is 0 Å². The highest BCUT2D eigenvalue weighted by molar-refractivity contribution is 5.63. The largest absolute Gasteiger partial charge is 0.497 e. The molecule has 0 aliphatic carbocycles. The Morgan fingerprint density at radius 3 is 2.42 bits per heavy atom. The van der Waals surface area contributed by atoms with Gasteiger partial charge in [-0.15, -0.1) is 0 Å². The monoisotopic (exact) mass is 315 g/mol. The van der Waals surface area contributed by atoms with Crippen LogP contribution in [0.15, 0.2) is 72.8 Å². The van der Waals surface area contributed by atoms with Crippen molar-refractivity contribution in [2.75, 3.05) is 7.11 Å². The molecule has 0 N–H and O–H groups in total. The molecule has 0 saturated carbocycles. The second kappa shape index (κ2) is 6.16. The average molecular weight is 315 g/mol. The SMILES string of the molecule is COc1ccc(-c2cccc3nc(Cc4ccccc4)nn23)cc1. The number of nitrogens with zero attached hydrogens (tertiary/aromatic N) is 3. The second-order valence-corrected chi connectivity index (χ2v) is 5.60. The van der Waals surface area contributed by atoms with E-state index in [1.54, 1.807) is 7.11 Å². The highest BCUT2D eigenvalue weighted by atomic mass is 16.5. The molecule has 4 heteroatoms. The van der Waals surface area contributed by atoms with Gasteiger partial charge in [0.05, 0.1) is 12.8 Å². The quantitative estimate of drug-likeness (QED) is 0.571. The molecule has 0 spiro atoms. The molecule has 2 aromatic heterocycles. The van der Waals surface area contributed by atoms with Crippen molar-refractivity contribution in [3.63, 3.8) is 0 Å². The number of hydrogen-bond donors (Lipinski definition) is 0. The van der Waals surface area contributed by atoms with Crippen molar-refractivity contribution >= 4 is 5.65 Å². The fourth-order valence-corrected chi connectivity index (χ4v) is 2.78. The maximum Gasteiger partial charge on any atom is 0.156 e. The number of ether oxygens (including phenoxy) is 1. The zero-order chi connectivity index (χ0) is 16.4. The Morgan fingerprint density at radius 1 is 0.875 bits per heavy atom. The van der Waals surface area contributed by atoms with Crippen molar-refractivity contribution in [3.05, 3.63) is 84.2 Å². The maximum absolute atomic E-state index is 5.23. The first-order valence-electron chi connectivity index (χ1n) is 7.86. The molecule has 24 heavy (non-hydrogen) atoms. The van der Waals surface area contributed by atoms with Crippen LogP contribution in [0.4, 0.5) is 0 Å². The molecular weight excluding hydrogens is 298 g/mol. The van der Waals surface area contributed by atoms with Crippen LogP contribution in [0, 0.1) is 0 Å². The second-order valence-electron chi connectivity index (χ2n) is 5.60. The van der Waals surface area contributed by atoms with Gasteiger partial charge in [-0.3, -0.25) is 0 Å². The Hall–Kier alpha value is -3.14. The highest BCUT2D eigenvalue weighted by Crippen LogP contribution is 2.23. The van der Waals surface area contributed by atoms with Crippen molar-refractivity contribution in [2.45, 2.75) is 6.42 Å². The van der Waals surface area contributed by atoms with E-state index in [0.29, 0.717) is 0 Å². The van der Waals surface area contributed by atoms with Gasteiger partial charge in [-0.05, 0) is 42.0 Å². The number of hydrogen-bond acceptors (Lipinski definition) is 3. The summed E-state index contributed by atoms with van der Waals surface area (Å²) >= 11 is 0. The van der Waals surface area contributed by atoms with Gasteiger partial charge < -0.3 is 4.74 Å². The van der Waals surface area contributed by atoms with Gasteiger partial charge in [0.1, 0.15) is 5.75 Å². The van der Waals surface area contributed by atoms with E-state index in [9.17, 15) is 0 Å². The number of pyridine rings is 1. The molecule has 0 fully saturated rings. The van der Waals surface area contributed by atoms with Crippen molar-refractivity contribution < 1.29 is 4.74 Å². The van der Waals surface area contributed by atoms with Crippen molar-refractivity contribution in [1.82, 2.24) is 14.6 Å².